The van der Waals surface area contributed by atoms with Crippen LogP contribution in [-0.4, -0.2) is 42.3 Å². The number of carbonyl (C=O) groups is 3. The lowest BCUT2D eigenvalue weighted by molar-refractivity contribution is -0.140. The lowest BCUT2D eigenvalue weighted by atomic mass is 9.81. The highest BCUT2D eigenvalue weighted by molar-refractivity contribution is 6.05. The van der Waals surface area contributed by atoms with E-state index >= 15 is 0 Å². The topological polar surface area (TPSA) is 75.7 Å². The number of hydrogen-bond donors (Lipinski definition) is 1. The number of carbonyl (C=O) groups excluding carboxylic acids is 3. The van der Waals surface area contributed by atoms with Crippen molar-refractivity contribution in [3.05, 3.63) is 29.8 Å². The Morgan fingerprint density at radius 1 is 1.11 bits per heavy atom. The molecular weight excluding hydrogens is 344 g/mol. The van der Waals surface area contributed by atoms with Crippen LogP contribution in [0.15, 0.2) is 24.3 Å². The molecule has 2 aliphatic heterocycles. The van der Waals surface area contributed by atoms with Gasteiger partial charge in [0.2, 0.25) is 17.7 Å². The van der Waals surface area contributed by atoms with Crippen molar-refractivity contribution in [1.29, 1.82) is 0 Å². The first-order valence-corrected chi connectivity index (χ1v) is 9.96. The van der Waals surface area contributed by atoms with Gasteiger partial charge in [-0.3, -0.25) is 19.3 Å². The van der Waals surface area contributed by atoms with E-state index in [0.29, 0.717) is 13.2 Å². The Morgan fingerprint density at radius 3 is 2.56 bits per heavy atom. The van der Waals surface area contributed by atoms with E-state index in [1.165, 1.54) is 10.5 Å². The molecule has 0 bridgehead atoms. The molecule has 0 radical (unpaired) electrons. The highest BCUT2D eigenvalue weighted by Crippen LogP contribution is 2.38. The summed E-state index contributed by atoms with van der Waals surface area (Å²) in [4.78, 5) is 38.4. The van der Waals surface area contributed by atoms with Crippen molar-refractivity contribution in [1.82, 2.24) is 10.2 Å². The number of ether oxygens (including phenoxy) is 1. The van der Waals surface area contributed by atoms with E-state index in [1.807, 2.05) is 24.3 Å². The number of fused-ring (bicyclic) bond motifs is 2. The number of nitrogens with one attached hydrogen (secondary N) is 1. The van der Waals surface area contributed by atoms with Crippen LogP contribution >= 0.6 is 0 Å². The molecule has 2 heterocycles. The second-order valence-corrected chi connectivity index (χ2v) is 7.87. The molecule has 0 aromatic heterocycles. The fourth-order valence-corrected chi connectivity index (χ4v) is 4.53. The molecule has 4 rings (SSSR count). The number of rotatable bonds is 5. The average molecular weight is 370 g/mol. The van der Waals surface area contributed by atoms with Gasteiger partial charge in [-0.05, 0) is 30.9 Å². The van der Waals surface area contributed by atoms with Gasteiger partial charge in [0.15, 0.2) is 0 Å². The van der Waals surface area contributed by atoms with Crippen LogP contribution in [0.5, 0.6) is 5.75 Å². The van der Waals surface area contributed by atoms with E-state index < -0.39 is 0 Å². The number of likely N-dealkylation sites (tertiary alicyclic amines) is 1. The summed E-state index contributed by atoms with van der Waals surface area (Å²) in [6.45, 7) is 1.32. The summed E-state index contributed by atoms with van der Waals surface area (Å²) in [7, 11) is 0. The van der Waals surface area contributed by atoms with Gasteiger partial charge >= 0.3 is 0 Å². The van der Waals surface area contributed by atoms with Crippen LogP contribution in [0.3, 0.4) is 0 Å². The molecule has 6 nitrogen and oxygen atoms in total. The third-order valence-electron chi connectivity index (χ3n) is 6.04. The first-order chi connectivity index (χ1) is 13.1. The molecule has 1 aliphatic carbocycles. The first kappa shape index (κ1) is 18.0. The van der Waals surface area contributed by atoms with Gasteiger partial charge < -0.3 is 10.1 Å². The van der Waals surface area contributed by atoms with E-state index in [9.17, 15) is 14.4 Å². The summed E-state index contributed by atoms with van der Waals surface area (Å²) in [6.07, 6.45) is 4.69. The second kappa shape index (κ2) is 7.71. The molecule has 6 heteroatoms. The highest BCUT2D eigenvalue weighted by Gasteiger charge is 2.47. The Balaban J connectivity index is 1.23. The maximum atomic E-state index is 12.4. The lowest BCUT2D eigenvalue weighted by Crippen LogP contribution is -2.38. The Bertz CT molecular complexity index is 723. The van der Waals surface area contributed by atoms with Gasteiger partial charge in [0.25, 0.3) is 0 Å². The molecule has 1 aromatic carbocycles. The molecule has 3 atom stereocenters. The molecule has 3 aliphatic rings. The fraction of sp³-hybridized carbons (Fsp3) is 0.571. The first-order valence-electron chi connectivity index (χ1n) is 9.96. The third kappa shape index (κ3) is 3.70. The zero-order chi connectivity index (χ0) is 18.8. The summed E-state index contributed by atoms with van der Waals surface area (Å²) in [5, 5.41) is 2.93. The molecule has 3 amide bonds. The minimum atomic E-state index is -0.145. The maximum Gasteiger partial charge on any atom is 0.233 e. The van der Waals surface area contributed by atoms with E-state index in [0.717, 1.165) is 37.9 Å². The molecule has 1 N–H and O–H groups in total. The van der Waals surface area contributed by atoms with Crippen LogP contribution in [0.1, 0.15) is 37.7 Å². The van der Waals surface area contributed by atoms with E-state index in [4.69, 9.17) is 4.74 Å². The molecule has 0 unspecified atom stereocenters. The van der Waals surface area contributed by atoms with Gasteiger partial charge in [-0.2, -0.15) is 0 Å². The lowest BCUT2D eigenvalue weighted by Gasteiger charge is -2.25. The molecule has 2 fully saturated rings. The maximum absolute atomic E-state index is 12.4. The van der Waals surface area contributed by atoms with Gasteiger partial charge in [0.1, 0.15) is 5.75 Å². The second-order valence-electron chi connectivity index (χ2n) is 7.87. The quantitative estimate of drug-likeness (QED) is 0.804. The van der Waals surface area contributed by atoms with Crippen molar-refractivity contribution < 1.29 is 19.1 Å². The van der Waals surface area contributed by atoms with Crippen LogP contribution < -0.4 is 10.1 Å². The predicted octanol–water partition coefficient (Wildman–Crippen LogP) is 1.92. The van der Waals surface area contributed by atoms with Crippen molar-refractivity contribution >= 4 is 17.7 Å². The molecule has 1 aromatic rings. The largest absolute Gasteiger partial charge is 0.493 e. The standard InChI is InChI=1S/C21H26N2O4/c24-19(22-12-14-11-15-5-1-4-8-18(15)27-13-14)9-10-23-20(25)16-6-2-3-7-17(16)21(23)26/h1,4-5,8,14,16-17H,2-3,6-7,9-13H2,(H,22,24)/t14-,16-,17+/m0/s1. The Labute approximate surface area is 159 Å². The minimum absolute atomic E-state index is 0.0743. The Hall–Kier alpha value is -2.37. The zero-order valence-corrected chi connectivity index (χ0v) is 15.5. The van der Waals surface area contributed by atoms with Gasteiger partial charge in [-0.25, -0.2) is 0 Å². The van der Waals surface area contributed by atoms with Crippen molar-refractivity contribution in [2.45, 2.75) is 38.5 Å². The average Bonchev–Trinajstić information content (AvgIpc) is 2.95. The van der Waals surface area contributed by atoms with Gasteiger partial charge in [0, 0.05) is 25.4 Å². The monoisotopic (exact) mass is 370 g/mol. The third-order valence-corrected chi connectivity index (χ3v) is 6.04. The Kier molecular flexibility index (Phi) is 5.14. The van der Waals surface area contributed by atoms with Crippen LogP contribution in [0.25, 0.3) is 0 Å². The summed E-state index contributed by atoms with van der Waals surface area (Å²) in [5.41, 5.74) is 1.17. The van der Waals surface area contributed by atoms with Crippen molar-refractivity contribution in [3.8, 4) is 5.75 Å². The number of para-hydroxylation sites is 1. The number of hydrogen-bond acceptors (Lipinski definition) is 4. The summed E-state index contributed by atoms with van der Waals surface area (Å²) in [5.74, 6) is 0.603. The Morgan fingerprint density at radius 2 is 1.81 bits per heavy atom. The molecule has 0 spiro atoms. The van der Waals surface area contributed by atoms with Gasteiger partial charge in [-0.15, -0.1) is 0 Å². The number of benzene rings is 1. The van der Waals surface area contributed by atoms with E-state index in [-0.39, 0.29) is 48.4 Å². The number of nitrogens with zero attached hydrogens (tertiary/aromatic N) is 1. The SMILES string of the molecule is O=C(CCN1C(=O)[C@H]2CCCC[C@H]2C1=O)NC[C@H]1COc2ccccc2C1. The molecule has 1 saturated heterocycles. The van der Waals surface area contributed by atoms with E-state index in [1.54, 1.807) is 0 Å². The molecular formula is C21H26N2O4. The van der Waals surface area contributed by atoms with Crippen molar-refractivity contribution in [2.75, 3.05) is 19.7 Å². The van der Waals surface area contributed by atoms with Gasteiger partial charge in [0.05, 0.1) is 18.4 Å². The fourth-order valence-electron chi connectivity index (χ4n) is 4.53. The smallest absolute Gasteiger partial charge is 0.233 e. The zero-order valence-electron chi connectivity index (χ0n) is 15.5. The summed E-state index contributed by atoms with van der Waals surface area (Å²) < 4.78 is 5.74. The molecule has 1 saturated carbocycles. The number of amides is 3. The number of imide groups is 1. The van der Waals surface area contributed by atoms with E-state index in [2.05, 4.69) is 5.32 Å². The van der Waals surface area contributed by atoms with Crippen LogP contribution in [0.2, 0.25) is 0 Å². The van der Waals surface area contributed by atoms with Crippen LogP contribution in [-0.2, 0) is 20.8 Å². The minimum Gasteiger partial charge on any atom is -0.493 e. The summed E-state index contributed by atoms with van der Waals surface area (Å²) in [6, 6.07) is 7.96. The van der Waals surface area contributed by atoms with Crippen LogP contribution in [0.4, 0.5) is 0 Å². The van der Waals surface area contributed by atoms with Crippen molar-refractivity contribution in [3.63, 3.8) is 0 Å². The normalized spacial score (nSPS) is 27.0. The summed E-state index contributed by atoms with van der Waals surface area (Å²) >= 11 is 0. The van der Waals surface area contributed by atoms with Crippen LogP contribution in [0, 0.1) is 17.8 Å². The van der Waals surface area contributed by atoms with Gasteiger partial charge in [-0.1, -0.05) is 31.0 Å². The molecule has 27 heavy (non-hydrogen) atoms. The highest BCUT2D eigenvalue weighted by atomic mass is 16.5. The molecule has 144 valence electrons. The van der Waals surface area contributed by atoms with Crippen molar-refractivity contribution in [2.24, 2.45) is 17.8 Å². The predicted molar refractivity (Wildman–Crippen MR) is 98.9 cm³/mol.